The molecule has 3 rings (SSSR count). The average Bonchev–Trinajstić information content (AvgIpc) is 3.25. The molecule has 4 heteroatoms. The Morgan fingerprint density at radius 1 is 1.05 bits per heavy atom. The third-order valence-electron chi connectivity index (χ3n) is 5.23. The third-order valence-corrected chi connectivity index (χ3v) is 6.59. The van der Waals surface area contributed by atoms with Gasteiger partial charge >= 0.3 is 0 Å². The van der Waals surface area contributed by atoms with Gasteiger partial charge in [-0.1, -0.05) is 33.0 Å². The Morgan fingerprint density at radius 3 is 2.14 bits per heavy atom. The summed E-state index contributed by atoms with van der Waals surface area (Å²) in [6.45, 7) is 7.11. The van der Waals surface area contributed by atoms with Gasteiger partial charge in [0.2, 0.25) is 0 Å². The first-order valence-electron chi connectivity index (χ1n) is 8.16. The van der Waals surface area contributed by atoms with Crippen molar-refractivity contribution < 1.29 is 0 Å². The predicted octanol–water partition coefficient (Wildman–Crippen LogP) is 6.10. The molecule has 0 saturated heterocycles. The second kappa shape index (κ2) is 5.77. The van der Waals surface area contributed by atoms with Crippen LogP contribution < -0.4 is 0 Å². The van der Waals surface area contributed by atoms with E-state index in [2.05, 4.69) is 46.7 Å². The molecule has 21 heavy (non-hydrogen) atoms. The molecule has 2 nitrogen and oxygen atoms in total. The molecular formula is C17H25BrN2S. The SMILES string of the molecule is CC(C)(C)C1CCC(c2nc(=S)c(Br)c(C3CC3)[nH]2)CC1. The molecule has 0 bridgehead atoms. The molecule has 0 radical (unpaired) electrons. The van der Waals surface area contributed by atoms with Crippen molar-refractivity contribution in [3.05, 3.63) is 20.6 Å². The van der Waals surface area contributed by atoms with E-state index in [1.54, 1.807) is 0 Å². The lowest BCUT2D eigenvalue weighted by Gasteiger charge is -2.36. The van der Waals surface area contributed by atoms with Crippen molar-refractivity contribution in [1.82, 2.24) is 9.97 Å². The summed E-state index contributed by atoms with van der Waals surface area (Å²) in [7, 11) is 0. The highest BCUT2D eigenvalue weighted by Gasteiger charge is 2.32. The van der Waals surface area contributed by atoms with E-state index in [-0.39, 0.29) is 0 Å². The topological polar surface area (TPSA) is 28.7 Å². The minimum Gasteiger partial charge on any atom is -0.346 e. The summed E-state index contributed by atoms with van der Waals surface area (Å²) in [6.07, 6.45) is 7.67. The van der Waals surface area contributed by atoms with Gasteiger partial charge in [-0.25, -0.2) is 4.98 Å². The van der Waals surface area contributed by atoms with Gasteiger partial charge in [0.1, 0.15) is 10.5 Å². The van der Waals surface area contributed by atoms with Crippen LogP contribution in [0.2, 0.25) is 0 Å². The molecule has 0 aromatic carbocycles. The van der Waals surface area contributed by atoms with Gasteiger partial charge in [0, 0.05) is 17.5 Å². The second-order valence-corrected chi connectivity index (χ2v) is 9.02. The van der Waals surface area contributed by atoms with Crippen molar-refractivity contribution in [1.29, 1.82) is 0 Å². The van der Waals surface area contributed by atoms with Crippen LogP contribution in [0.3, 0.4) is 0 Å². The lowest BCUT2D eigenvalue weighted by atomic mass is 9.69. The van der Waals surface area contributed by atoms with Gasteiger partial charge in [-0.3, -0.25) is 0 Å². The lowest BCUT2D eigenvalue weighted by Crippen LogP contribution is -2.26. The van der Waals surface area contributed by atoms with Crippen molar-refractivity contribution >= 4 is 28.1 Å². The predicted molar refractivity (Wildman–Crippen MR) is 93.3 cm³/mol. The molecule has 2 aliphatic carbocycles. The van der Waals surface area contributed by atoms with E-state index in [9.17, 15) is 0 Å². The van der Waals surface area contributed by atoms with Crippen LogP contribution in [-0.2, 0) is 0 Å². The molecule has 1 N–H and O–H groups in total. The summed E-state index contributed by atoms with van der Waals surface area (Å²) >= 11 is 9.07. The number of aromatic amines is 1. The highest BCUT2D eigenvalue weighted by atomic mass is 79.9. The fourth-order valence-electron chi connectivity index (χ4n) is 3.57. The Hall–Kier alpha value is -0.220. The lowest BCUT2D eigenvalue weighted by molar-refractivity contribution is 0.167. The number of rotatable bonds is 2. The number of aromatic nitrogens is 2. The molecule has 0 aliphatic heterocycles. The van der Waals surface area contributed by atoms with E-state index in [1.165, 1.54) is 44.2 Å². The Labute approximate surface area is 141 Å². The normalized spacial score (nSPS) is 26.9. The number of nitrogens with one attached hydrogen (secondary N) is 1. The van der Waals surface area contributed by atoms with Gasteiger partial charge in [-0.05, 0) is 65.8 Å². The first-order valence-corrected chi connectivity index (χ1v) is 9.36. The fraction of sp³-hybridized carbons (Fsp3) is 0.765. The number of hydrogen-bond donors (Lipinski definition) is 1. The molecule has 0 atom stereocenters. The van der Waals surface area contributed by atoms with Gasteiger partial charge in [0.05, 0.1) is 4.47 Å². The van der Waals surface area contributed by atoms with Gasteiger partial charge in [-0.2, -0.15) is 0 Å². The zero-order valence-electron chi connectivity index (χ0n) is 13.2. The zero-order chi connectivity index (χ0) is 15.2. The smallest absolute Gasteiger partial charge is 0.144 e. The minimum atomic E-state index is 0.435. The van der Waals surface area contributed by atoms with Crippen LogP contribution in [0.15, 0.2) is 4.47 Å². The first-order chi connectivity index (χ1) is 9.86. The van der Waals surface area contributed by atoms with Crippen molar-refractivity contribution in [2.45, 2.75) is 71.1 Å². The second-order valence-electron chi connectivity index (χ2n) is 7.84. The molecule has 0 unspecified atom stereocenters. The van der Waals surface area contributed by atoms with Gasteiger partial charge in [0.15, 0.2) is 0 Å². The Bertz CT molecular complexity index is 575. The van der Waals surface area contributed by atoms with Crippen LogP contribution in [0, 0.1) is 16.0 Å². The number of H-pyrrole nitrogens is 1. The van der Waals surface area contributed by atoms with E-state index in [0.717, 1.165) is 20.9 Å². The highest BCUT2D eigenvalue weighted by molar-refractivity contribution is 9.10. The van der Waals surface area contributed by atoms with Gasteiger partial charge in [-0.15, -0.1) is 0 Å². The minimum absolute atomic E-state index is 0.435. The summed E-state index contributed by atoms with van der Waals surface area (Å²) in [4.78, 5) is 8.28. The number of halogens is 1. The molecule has 0 spiro atoms. The molecule has 2 fully saturated rings. The molecule has 1 heterocycles. The molecule has 1 aromatic rings. The van der Waals surface area contributed by atoms with Crippen LogP contribution in [0.1, 0.15) is 82.7 Å². The van der Waals surface area contributed by atoms with Crippen molar-refractivity contribution in [3.8, 4) is 0 Å². The zero-order valence-corrected chi connectivity index (χ0v) is 15.6. The monoisotopic (exact) mass is 368 g/mol. The quantitative estimate of drug-likeness (QED) is 0.638. The van der Waals surface area contributed by atoms with Crippen molar-refractivity contribution in [2.24, 2.45) is 11.3 Å². The van der Waals surface area contributed by atoms with Crippen LogP contribution in [-0.4, -0.2) is 9.97 Å². The molecule has 1 aromatic heterocycles. The largest absolute Gasteiger partial charge is 0.346 e. The van der Waals surface area contributed by atoms with E-state index < -0.39 is 0 Å². The summed E-state index contributed by atoms with van der Waals surface area (Å²) in [6, 6.07) is 0. The molecular weight excluding hydrogens is 344 g/mol. The van der Waals surface area contributed by atoms with Crippen LogP contribution in [0.25, 0.3) is 0 Å². The Morgan fingerprint density at radius 2 is 1.62 bits per heavy atom. The maximum Gasteiger partial charge on any atom is 0.144 e. The molecule has 116 valence electrons. The van der Waals surface area contributed by atoms with Crippen LogP contribution in [0.4, 0.5) is 0 Å². The van der Waals surface area contributed by atoms with Crippen molar-refractivity contribution in [3.63, 3.8) is 0 Å². The maximum absolute atomic E-state index is 5.45. The molecule has 0 amide bonds. The fourth-order valence-corrected chi connectivity index (χ4v) is 4.29. The summed E-state index contributed by atoms with van der Waals surface area (Å²) in [5.41, 5.74) is 1.73. The van der Waals surface area contributed by atoms with E-state index >= 15 is 0 Å². The van der Waals surface area contributed by atoms with E-state index in [0.29, 0.717) is 17.3 Å². The Balaban J connectivity index is 1.78. The first kappa shape index (κ1) is 15.7. The third kappa shape index (κ3) is 3.42. The van der Waals surface area contributed by atoms with Crippen LogP contribution in [0.5, 0.6) is 0 Å². The van der Waals surface area contributed by atoms with E-state index in [4.69, 9.17) is 12.2 Å². The summed E-state index contributed by atoms with van der Waals surface area (Å²) in [5, 5.41) is 0. The number of hydrogen-bond acceptors (Lipinski definition) is 2. The summed E-state index contributed by atoms with van der Waals surface area (Å²) in [5.74, 6) is 3.22. The molecule has 2 aliphatic rings. The van der Waals surface area contributed by atoms with Gasteiger partial charge in [0.25, 0.3) is 0 Å². The maximum atomic E-state index is 5.45. The van der Waals surface area contributed by atoms with Crippen molar-refractivity contribution in [2.75, 3.05) is 0 Å². The van der Waals surface area contributed by atoms with Crippen LogP contribution >= 0.6 is 28.1 Å². The summed E-state index contributed by atoms with van der Waals surface area (Å²) < 4.78 is 1.76. The molecule has 2 saturated carbocycles. The average molecular weight is 369 g/mol. The number of nitrogens with zero attached hydrogens (tertiary/aromatic N) is 1. The van der Waals surface area contributed by atoms with Gasteiger partial charge < -0.3 is 4.98 Å². The highest BCUT2D eigenvalue weighted by Crippen LogP contribution is 2.45. The van der Waals surface area contributed by atoms with E-state index in [1.807, 2.05) is 0 Å². The standard InChI is InChI=1S/C17H25BrN2S/c1-17(2,3)12-8-6-11(7-9-12)15-19-14(10-4-5-10)13(18)16(21)20-15/h10-12H,4-9H2,1-3H3,(H,19,20,21). The Kier molecular flexibility index (Phi) is 4.30.